The Morgan fingerprint density at radius 2 is 2.10 bits per heavy atom. The van der Waals surface area contributed by atoms with Crippen LogP contribution in [-0.4, -0.2) is 53.2 Å². The zero-order valence-electron chi connectivity index (χ0n) is 11.1. The lowest BCUT2D eigenvalue weighted by Crippen LogP contribution is -2.27. The van der Waals surface area contributed by atoms with Crippen LogP contribution in [0.15, 0.2) is 24.5 Å². The van der Waals surface area contributed by atoms with Crippen molar-refractivity contribution < 1.29 is 18.3 Å². The summed E-state index contributed by atoms with van der Waals surface area (Å²) in [7, 11) is -0.349. The smallest absolute Gasteiger partial charge is 0.337 e. The van der Waals surface area contributed by atoms with Crippen molar-refractivity contribution in [2.45, 2.75) is 6.54 Å². The number of fused-ring (bicyclic) bond motifs is 1. The van der Waals surface area contributed by atoms with E-state index in [4.69, 9.17) is 5.11 Å². The minimum atomic E-state index is -3.30. The Bertz CT molecular complexity index is 749. The van der Waals surface area contributed by atoms with E-state index in [1.165, 1.54) is 26.5 Å². The number of hydrogen-bond acceptors (Lipinski definition) is 4. The van der Waals surface area contributed by atoms with Crippen LogP contribution in [-0.2, 0) is 16.6 Å². The van der Waals surface area contributed by atoms with Gasteiger partial charge in [-0.1, -0.05) is 6.07 Å². The topological polar surface area (TPSA) is 92.5 Å². The van der Waals surface area contributed by atoms with Gasteiger partial charge < -0.3 is 9.67 Å². The molecule has 0 spiro atoms. The lowest BCUT2D eigenvalue weighted by molar-refractivity contribution is 0.0699. The highest BCUT2D eigenvalue weighted by Crippen LogP contribution is 2.17. The molecule has 20 heavy (non-hydrogen) atoms. The average Bonchev–Trinajstić information content (AvgIpc) is 2.79. The molecule has 0 aliphatic heterocycles. The van der Waals surface area contributed by atoms with Crippen LogP contribution >= 0.6 is 0 Å². The maximum atomic E-state index is 11.7. The quantitative estimate of drug-likeness (QED) is 0.873. The Hall–Kier alpha value is -1.93. The first kappa shape index (κ1) is 14.5. The summed E-state index contributed by atoms with van der Waals surface area (Å²) in [5.74, 6) is -1.12. The number of sulfonamides is 1. The van der Waals surface area contributed by atoms with E-state index in [-0.39, 0.29) is 17.9 Å². The zero-order chi connectivity index (χ0) is 14.9. The number of aromatic nitrogens is 2. The first-order valence-corrected chi connectivity index (χ1v) is 7.51. The van der Waals surface area contributed by atoms with Crippen molar-refractivity contribution in [2.75, 3.05) is 19.8 Å². The van der Waals surface area contributed by atoms with Crippen molar-refractivity contribution in [3.63, 3.8) is 0 Å². The highest BCUT2D eigenvalue weighted by molar-refractivity contribution is 7.89. The van der Waals surface area contributed by atoms with Crippen molar-refractivity contribution in [2.24, 2.45) is 0 Å². The third-order valence-corrected chi connectivity index (χ3v) is 4.84. The number of imidazole rings is 1. The lowest BCUT2D eigenvalue weighted by Gasteiger charge is -2.11. The van der Waals surface area contributed by atoms with E-state index in [0.29, 0.717) is 11.0 Å². The normalized spacial score (nSPS) is 12.2. The molecule has 1 N–H and O–H groups in total. The zero-order valence-corrected chi connectivity index (χ0v) is 12.0. The van der Waals surface area contributed by atoms with Gasteiger partial charge in [0.15, 0.2) is 0 Å². The SMILES string of the molecule is CN(C)S(=O)(=O)CCn1cnc2c(C(=O)O)cccc21. The predicted octanol–water partition coefficient (Wildman–Crippen LogP) is 0.626. The summed E-state index contributed by atoms with van der Waals surface area (Å²) in [6.07, 6.45) is 1.46. The maximum Gasteiger partial charge on any atom is 0.337 e. The maximum absolute atomic E-state index is 11.7. The summed E-state index contributed by atoms with van der Waals surface area (Å²) >= 11 is 0. The highest BCUT2D eigenvalue weighted by Gasteiger charge is 2.16. The third kappa shape index (κ3) is 2.66. The number of carbonyl (C=O) groups is 1. The van der Waals surface area contributed by atoms with Gasteiger partial charge in [0.05, 0.1) is 23.2 Å². The fourth-order valence-electron chi connectivity index (χ4n) is 1.84. The van der Waals surface area contributed by atoms with Crippen LogP contribution < -0.4 is 0 Å². The van der Waals surface area contributed by atoms with Gasteiger partial charge >= 0.3 is 5.97 Å². The Kier molecular flexibility index (Phi) is 3.78. The van der Waals surface area contributed by atoms with E-state index in [9.17, 15) is 13.2 Å². The second-order valence-corrected chi connectivity index (χ2v) is 6.82. The molecular weight excluding hydrogens is 282 g/mol. The summed E-state index contributed by atoms with van der Waals surface area (Å²) in [4.78, 5) is 15.1. The summed E-state index contributed by atoms with van der Waals surface area (Å²) in [5, 5.41) is 9.07. The molecule has 0 saturated carbocycles. The molecule has 8 heteroatoms. The van der Waals surface area contributed by atoms with Crippen LogP contribution in [0.5, 0.6) is 0 Å². The first-order valence-electron chi connectivity index (χ1n) is 5.90. The molecule has 2 rings (SSSR count). The van der Waals surface area contributed by atoms with Crippen LogP contribution in [0.4, 0.5) is 0 Å². The van der Waals surface area contributed by atoms with Crippen LogP contribution in [0.25, 0.3) is 11.0 Å². The number of aromatic carboxylic acids is 1. The van der Waals surface area contributed by atoms with Gasteiger partial charge in [0, 0.05) is 20.6 Å². The molecule has 0 aliphatic carbocycles. The molecule has 0 aliphatic rings. The predicted molar refractivity (Wildman–Crippen MR) is 74.2 cm³/mol. The van der Waals surface area contributed by atoms with Gasteiger partial charge in [0.1, 0.15) is 5.52 Å². The summed E-state index contributed by atoms with van der Waals surface area (Å²) in [5.41, 5.74) is 1.08. The fraction of sp³-hybridized carbons (Fsp3) is 0.333. The molecule has 0 saturated heterocycles. The fourth-order valence-corrected chi connectivity index (χ4v) is 2.63. The van der Waals surface area contributed by atoms with Crippen LogP contribution in [0.3, 0.4) is 0 Å². The molecule has 1 aromatic carbocycles. The largest absolute Gasteiger partial charge is 0.478 e. The molecule has 1 aromatic heterocycles. The number of carboxylic acid groups (broad SMARTS) is 1. The van der Waals surface area contributed by atoms with Gasteiger partial charge in [0.2, 0.25) is 10.0 Å². The average molecular weight is 297 g/mol. The van der Waals surface area contributed by atoms with Gasteiger partial charge in [-0.3, -0.25) is 0 Å². The van der Waals surface area contributed by atoms with Crippen LogP contribution in [0.1, 0.15) is 10.4 Å². The minimum Gasteiger partial charge on any atom is -0.478 e. The number of benzene rings is 1. The van der Waals surface area contributed by atoms with Gasteiger partial charge in [-0.05, 0) is 12.1 Å². The van der Waals surface area contributed by atoms with E-state index in [2.05, 4.69) is 4.98 Å². The number of rotatable bonds is 5. The van der Waals surface area contributed by atoms with E-state index in [0.717, 1.165) is 4.31 Å². The molecule has 1 heterocycles. The summed E-state index contributed by atoms with van der Waals surface area (Å²) < 4.78 is 26.3. The van der Waals surface area contributed by atoms with Crippen LogP contribution in [0, 0.1) is 0 Å². The number of aryl methyl sites for hydroxylation is 1. The van der Waals surface area contributed by atoms with Crippen molar-refractivity contribution >= 4 is 27.0 Å². The summed E-state index contributed by atoms with van der Waals surface area (Å²) in [6, 6.07) is 4.81. The number of hydrogen-bond donors (Lipinski definition) is 1. The molecule has 0 radical (unpaired) electrons. The lowest BCUT2D eigenvalue weighted by atomic mass is 10.2. The van der Waals surface area contributed by atoms with E-state index in [1.54, 1.807) is 16.7 Å². The van der Waals surface area contributed by atoms with Crippen molar-refractivity contribution in [3.05, 3.63) is 30.1 Å². The second-order valence-electron chi connectivity index (χ2n) is 4.51. The molecular formula is C12H15N3O4S. The third-order valence-electron chi connectivity index (χ3n) is 3.03. The number of nitrogens with zero attached hydrogens (tertiary/aromatic N) is 3. The second kappa shape index (κ2) is 5.22. The Morgan fingerprint density at radius 1 is 1.40 bits per heavy atom. The van der Waals surface area contributed by atoms with Crippen molar-refractivity contribution in [1.29, 1.82) is 0 Å². The number of para-hydroxylation sites is 1. The van der Waals surface area contributed by atoms with Gasteiger partial charge in [-0.2, -0.15) is 0 Å². The Balaban J connectivity index is 2.34. The van der Waals surface area contributed by atoms with Gasteiger partial charge in [-0.25, -0.2) is 22.5 Å². The molecule has 0 unspecified atom stereocenters. The van der Waals surface area contributed by atoms with Crippen LogP contribution in [0.2, 0.25) is 0 Å². The Labute approximate surface area is 116 Å². The first-order chi connectivity index (χ1) is 9.33. The minimum absolute atomic E-state index is 0.0667. The molecule has 2 aromatic rings. The van der Waals surface area contributed by atoms with Crippen molar-refractivity contribution in [3.8, 4) is 0 Å². The van der Waals surface area contributed by atoms with E-state index in [1.807, 2.05) is 0 Å². The van der Waals surface area contributed by atoms with Gasteiger partial charge in [-0.15, -0.1) is 0 Å². The Morgan fingerprint density at radius 3 is 2.70 bits per heavy atom. The van der Waals surface area contributed by atoms with E-state index < -0.39 is 16.0 Å². The van der Waals surface area contributed by atoms with E-state index >= 15 is 0 Å². The highest BCUT2D eigenvalue weighted by atomic mass is 32.2. The molecule has 7 nitrogen and oxygen atoms in total. The summed E-state index contributed by atoms with van der Waals surface area (Å²) in [6.45, 7) is 0.222. The van der Waals surface area contributed by atoms with Crippen molar-refractivity contribution in [1.82, 2.24) is 13.9 Å². The molecule has 0 atom stereocenters. The standard InChI is InChI=1S/C12H15N3O4S/c1-14(2)20(18,19)7-6-15-8-13-11-9(12(16)17)4-3-5-10(11)15/h3-5,8H,6-7H2,1-2H3,(H,16,17). The molecule has 0 bridgehead atoms. The number of carboxylic acids is 1. The monoisotopic (exact) mass is 297 g/mol. The van der Waals surface area contributed by atoms with Gasteiger partial charge in [0.25, 0.3) is 0 Å². The molecule has 108 valence electrons. The molecule has 0 amide bonds. The molecule has 0 fully saturated rings.